The number of benzene rings is 1. The van der Waals surface area contributed by atoms with Crippen molar-refractivity contribution >= 4 is 15.7 Å². The number of hydrazine groups is 1. The number of alkyl halides is 3. The minimum Gasteiger partial charge on any atom is -0.379 e. The third kappa shape index (κ3) is 4.84. The molecule has 1 aliphatic carbocycles. The molecule has 140 valence electrons. The Bertz CT molecular complexity index is 714. The molecule has 1 heterocycles. The molecule has 0 spiro atoms. The molecule has 1 aliphatic heterocycles. The van der Waals surface area contributed by atoms with Gasteiger partial charge in [-0.3, -0.25) is 0 Å². The summed E-state index contributed by atoms with van der Waals surface area (Å²) in [6.07, 6.45) is -2.97. The number of ether oxygens (including phenoxy) is 1. The molecular weight excluding hydrogens is 359 g/mol. The highest BCUT2D eigenvalue weighted by molar-refractivity contribution is 7.89. The molecule has 0 unspecified atom stereocenters. The van der Waals surface area contributed by atoms with Crippen LogP contribution in [0.4, 0.5) is 18.9 Å². The van der Waals surface area contributed by atoms with Crippen LogP contribution < -0.4 is 10.1 Å². The second kappa shape index (κ2) is 7.10. The van der Waals surface area contributed by atoms with Crippen LogP contribution in [0.25, 0.3) is 0 Å². The van der Waals surface area contributed by atoms with Gasteiger partial charge in [0.2, 0.25) is 10.0 Å². The lowest BCUT2D eigenvalue weighted by molar-refractivity contribution is -0.139. The van der Waals surface area contributed by atoms with E-state index in [1.165, 1.54) is 6.07 Å². The number of nitrogens with one attached hydrogen (secondary N) is 2. The number of anilines is 1. The number of nitrogens with zero attached hydrogens (tertiary/aromatic N) is 1. The smallest absolute Gasteiger partial charge is 0.379 e. The number of morpholine rings is 1. The van der Waals surface area contributed by atoms with Gasteiger partial charge in [-0.15, -0.1) is 0 Å². The molecule has 0 aromatic heterocycles. The summed E-state index contributed by atoms with van der Waals surface area (Å²) in [5.41, 5.74) is 1.89. The summed E-state index contributed by atoms with van der Waals surface area (Å²) in [6, 6.07) is 3.18. The number of hydrogen-bond acceptors (Lipinski definition) is 5. The van der Waals surface area contributed by atoms with Gasteiger partial charge in [0, 0.05) is 25.3 Å². The predicted molar refractivity (Wildman–Crippen MR) is 85.4 cm³/mol. The van der Waals surface area contributed by atoms with E-state index in [2.05, 4.69) is 10.1 Å². The molecule has 3 rings (SSSR count). The van der Waals surface area contributed by atoms with Crippen molar-refractivity contribution < 1.29 is 26.3 Å². The van der Waals surface area contributed by atoms with Crippen LogP contribution in [-0.2, 0) is 20.9 Å². The first-order chi connectivity index (χ1) is 11.8. The Balaban J connectivity index is 1.84. The zero-order chi connectivity index (χ0) is 18.1. The van der Waals surface area contributed by atoms with E-state index in [4.69, 9.17) is 4.74 Å². The molecule has 0 atom stereocenters. The zero-order valence-corrected chi connectivity index (χ0v) is 14.3. The van der Waals surface area contributed by atoms with Crippen LogP contribution in [0.1, 0.15) is 18.4 Å². The third-order valence-electron chi connectivity index (χ3n) is 4.13. The van der Waals surface area contributed by atoms with Crippen LogP contribution in [0.3, 0.4) is 0 Å². The molecule has 2 fully saturated rings. The van der Waals surface area contributed by atoms with E-state index in [9.17, 15) is 21.6 Å². The van der Waals surface area contributed by atoms with Crippen LogP contribution in [-0.4, -0.2) is 46.3 Å². The summed E-state index contributed by atoms with van der Waals surface area (Å²) in [6.45, 7) is 2.20. The molecule has 10 heteroatoms. The Morgan fingerprint density at radius 3 is 2.48 bits per heavy atom. The number of hydrogen-bond donors (Lipinski definition) is 2. The maximum atomic E-state index is 13.4. The largest absolute Gasteiger partial charge is 0.417 e. The molecule has 25 heavy (non-hydrogen) atoms. The van der Waals surface area contributed by atoms with Crippen LogP contribution in [0, 0.1) is 5.92 Å². The van der Waals surface area contributed by atoms with Crippen molar-refractivity contribution in [2.24, 2.45) is 5.92 Å². The number of rotatable bonds is 6. The summed E-state index contributed by atoms with van der Waals surface area (Å²) in [7, 11) is -4.21. The molecule has 2 aliphatic rings. The molecule has 0 amide bonds. The van der Waals surface area contributed by atoms with E-state index < -0.39 is 26.7 Å². The Kier molecular flexibility index (Phi) is 5.24. The number of halogens is 3. The molecule has 0 radical (unpaired) electrons. The van der Waals surface area contributed by atoms with Crippen LogP contribution in [0.15, 0.2) is 23.1 Å². The molecule has 1 aromatic rings. The van der Waals surface area contributed by atoms with Gasteiger partial charge in [0.05, 0.1) is 23.7 Å². The predicted octanol–water partition coefficient (Wildman–Crippen LogP) is 2.05. The first-order valence-corrected chi connectivity index (χ1v) is 9.54. The van der Waals surface area contributed by atoms with E-state index >= 15 is 0 Å². The van der Waals surface area contributed by atoms with E-state index in [-0.39, 0.29) is 18.2 Å². The fraction of sp³-hybridized carbons (Fsp3) is 0.600. The Hall–Kier alpha value is -1.36. The first kappa shape index (κ1) is 18.4. The van der Waals surface area contributed by atoms with Gasteiger partial charge in [0.1, 0.15) is 0 Å². The summed E-state index contributed by atoms with van der Waals surface area (Å²) in [5, 5.41) is 1.73. The van der Waals surface area contributed by atoms with Gasteiger partial charge in [0.25, 0.3) is 0 Å². The monoisotopic (exact) mass is 379 g/mol. The van der Waals surface area contributed by atoms with Crippen LogP contribution >= 0.6 is 0 Å². The van der Waals surface area contributed by atoms with E-state index in [1.54, 1.807) is 5.01 Å². The summed E-state index contributed by atoms with van der Waals surface area (Å²) in [5.74, 6) is 0.228. The highest BCUT2D eigenvalue weighted by Gasteiger charge is 2.38. The Morgan fingerprint density at radius 2 is 1.88 bits per heavy atom. The lowest BCUT2D eigenvalue weighted by atomic mass is 10.2. The molecule has 1 aromatic carbocycles. The first-order valence-electron chi connectivity index (χ1n) is 8.06. The van der Waals surface area contributed by atoms with Crippen LogP contribution in [0.5, 0.6) is 0 Å². The third-order valence-corrected chi connectivity index (χ3v) is 5.61. The van der Waals surface area contributed by atoms with E-state index in [1.807, 2.05) is 0 Å². The number of sulfonamides is 1. The quantitative estimate of drug-likeness (QED) is 0.792. The van der Waals surface area contributed by atoms with Crippen molar-refractivity contribution in [1.29, 1.82) is 0 Å². The highest BCUT2D eigenvalue weighted by atomic mass is 32.2. The van der Waals surface area contributed by atoms with E-state index in [0.717, 1.165) is 25.0 Å². The average Bonchev–Trinajstić information content (AvgIpc) is 3.37. The fourth-order valence-corrected chi connectivity index (χ4v) is 3.86. The highest BCUT2D eigenvalue weighted by Crippen LogP contribution is 2.36. The Labute approximate surface area is 144 Å². The summed E-state index contributed by atoms with van der Waals surface area (Å²) in [4.78, 5) is -0.742. The minimum atomic E-state index is -4.77. The standard InChI is InChI=1S/C15H20F3N3O3S/c16-15(17,18)13-9-12(20-21-5-7-24-8-6-21)3-4-14(13)25(22,23)19-10-11-1-2-11/h3-4,9,11,19-20H,1-2,5-8,10H2. The normalized spacial score (nSPS) is 19.8. The Morgan fingerprint density at radius 1 is 1.20 bits per heavy atom. The van der Waals surface area contributed by atoms with Gasteiger partial charge in [-0.2, -0.15) is 13.2 Å². The van der Waals surface area contributed by atoms with Crippen molar-refractivity contribution in [3.8, 4) is 0 Å². The second-order valence-electron chi connectivity index (χ2n) is 6.22. The maximum absolute atomic E-state index is 13.4. The van der Waals surface area contributed by atoms with Crippen molar-refractivity contribution in [2.45, 2.75) is 23.9 Å². The molecule has 6 nitrogen and oxygen atoms in total. The summed E-state index contributed by atoms with van der Waals surface area (Å²) < 4.78 is 72.2. The fourth-order valence-electron chi connectivity index (χ4n) is 2.54. The average molecular weight is 379 g/mol. The maximum Gasteiger partial charge on any atom is 0.417 e. The molecule has 0 bridgehead atoms. The lowest BCUT2D eigenvalue weighted by Crippen LogP contribution is -2.40. The second-order valence-corrected chi connectivity index (χ2v) is 7.95. The minimum absolute atomic E-state index is 0.174. The van der Waals surface area contributed by atoms with Gasteiger partial charge in [0.15, 0.2) is 0 Å². The van der Waals surface area contributed by atoms with Gasteiger partial charge in [-0.05, 0) is 37.0 Å². The van der Waals surface area contributed by atoms with Gasteiger partial charge >= 0.3 is 6.18 Å². The SMILES string of the molecule is O=S(=O)(NCC1CC1)c1ccc(NN2CCOCC2)cc1C(F)(F)F. The van der Waals surface area contributed by atoms with Gasteiger partial charge < -0.3 is 10.2 Å². The van der Waals surface area contributed by atoms with Gasteiger partial charge in [-0.25, -0.2) is 18.1 Å². The topological polar surface area (TPSA) is 70.7 Å². The molecule has 1 saturated heterocycles. The molecule has 1 saturated carbocycles. The van der Waals surface area contributed by atoms with E-state index in [0.29, 0.717) is 26.3 Å². The van der Waals surface area contributed by atoms with Crippen LogP contribution in [0.2, 0.25) is 0 Å². The zero-order valence-electron chi connectivity index (χ0n) is 13.5. The van der Waals surface area contributed by atoms with Crippen molar-refractivity contribution in [2.75, 3.05) is 38.3 Å². The summed E-state index contributed by atoms with van der Waals surface area (Å²) >= 11 is 0. The van der Waals surface area contributed by atoms with Crippen molar-refractivity contribution in [1.82, 2.24) is 9.73 Å². The van der Waals surface area contributed by atoms with Gasteiger partial charge in [-0.1, -0.05) is 0 Å². The lowest BCUT2D eigenvalue weighted by Gasteiger charge is -2.28. The van der Waals surface area contributed by atoms with Crippen molar-refractivity contribution in [3.63, 3.8) is 0 Å². The molecule has 2 N–H and O–H groups in total. The molecular formula is C15H20F3N3O3S. The van der Waals surface area contributed by atoms with Crippen molar-refractivity contribution in [3.05, 3.63) is 23.8 Å².